The van der Waals surface area contributed by atoms with Crippen LogP contribution in [0.4, 0.5) is 5.69 Å². The van der Waals surface area contributed by atoms with E-state index in [1.54, 1.807) is 0 Å². The van der Waals surface area contributed by atoms with Crippen molar-refractivity contribution in [3.05, 3.63) is 29.8 Å². The summed E-state index contributed by atoms with van der Waals surface area (Å²) in [5, 5.41) is 6.67. The molecule has 2 aliphatic rings. The molecule has 0 atom stereocenters. The number of carbonyl (C=O) groups is 1. The number of nitrogens with zero attached hydrogens (tertiary/aromatic N) is 1. The van der Waals surface area contributed by atoms with Gasteiger partial charge in [-0.3, -0.25) is 9.69 Å². The molecular weight excluding hydrogens is 310 g/mol. The summed E-state index contributed by atoms with van der Waals surface area (Å²) in [6.07, 6.45) is 5.13. The molecule has 0 radical (unpaired) electrons. The number of halogens is 1. The van der Waals surface area contributed by atoms with Gasteiger partial charge in [-0.15, -0.1) is 12.4 Å². The predicted molar refractivity (Wildman–Crippen MR) is 97.2 cm³/mol. The minimum absolute atomic E-state index is 0. The minimum Gasteiger partial charge on any atom is -0.325 e. The van der Waals surface area contributed by atoms with Crippen LogP contribution in [0.3, 0.4) is 0 Å². The smallest absolute Gasteiger partial charge is 0.238 e. The molecule has 2 fully saturated rings. The van der Waals surface area contributed by atoms with Crippen LogP contribution in [-0.4, -0.2) is 43.0 Å². The van der Waals surface area contributed by atoms with Gasteiger partial charge in [-0.1, -0.05) is 12.1 Å². The van der Waals surface area contributed by atoms with Crippen molar-refractivity contribution < 1.29 is 4.79 Å². The zero-order chi connectivity index (χ0) is 15.4. The Bertz CT molecular complexity index is 511. The first-order valence-electron chi connectivity index (χ1n) is 8.51. The molecule has 1 heterocycles. The summed E-state index contributed by atoms with van der Waals surface area (Å²) in [6, 6.07) is 8.61. The molecule has 1 aromatic rings. The van der Waals surface area contributed by atoms with Crippen molar-refractivity contribution in [2.24, 2.45) is 5.92 Å². The van der Waals surface area contributed by atoms with Crippen molar-refractivity contribution in [2.75, 3.05) is 31.5 Å². The summed E-state index contributed by atoms with van der Waals surface area (Å²) in [7, 11) is 0. The molecule has 5 heteroatoms. The molecule has 4 nitrogen and oxygen atoms in total. The van der Waals surface area contributed by atoms with E-state index in [4.69, 9.17) is 0 Å². The molecular formula is C18H28ClN3O. The molecule has 1 aromatic carbocycles. The van der Waals surface area contributed by atoms with E-state index in [0.29, 0.717) is 12.6 Å². The monoisotopic (exact) mass is 337 g/mol. The van der Waals surface area contributed by atoms with Gasteiger partial charge in [-0.2, -0.15) is 0 Å². The first-order chi connectivity index (χ1) is 10.7. The second-order valence-corrected chi connectivity index (χ2v) is 6.82. The normalized spacial score (nSPS) is 19.2. The largest absolute Gasteiger partial charge is 0.325 e. The molecule has 1 saturated carbocycles. The summed E-state index contributed by atoms with van der Waals surface area (Å²) in [5.41, 5.74) is 2.06. The highest BCUT2D eigenvalue weighted by Crippen LogP contribution is 2.28. The maximum absolute atomic E-state index is 12.1. The van der Waals surface area contributed by atoms with Crippen LogP contribution in [-0.2, 0) is 4.79 Å². The molecule has 0 unspecified atom stereocenters. The van der Waals surface area contributed by atoms with E-state index in [1.807, 2.05) is 31.2 Å². The maximum atomic E-state index is 12.1. The van der Waals surface area contributed by atoms with Crippen LogP contribution in [0, 0.1) is 12.8 Å². The lowest BCUT2D eigenvalue weighted by Crippen LogP contribution is -2.45. The summed E-state index contributed by atoms with van der Waals surface area (Å²) >= 11 is 0. The molecule has 0 spiro atoms. The Kier molecular flexibility index (Phi) is 6.88. The molecule has 1 saturated heterocycles. The summed E-state index contributed by atoms with van der Waals surface area (Å²) in [6.45, 7) is 5.77. The predicted octanol–water partition coefficient (Wildman–Crippen LogP) is 2.82. The standard InChI is InChI=1S/C18H27N3O.ClH/c1-14-3-2-4-17(11-14)20-18(22)13-21-9-7-16(8-10-21)19-12-15-5-6-15;/h2-4,11,15-16,19H,5-10,12-13H2,1H3,(H,20,22);1H. The third kappa shape index (κ3) is 6.13. The number of carbonyl (C=O) groups excluding carboxylic acids is 1. The molecule has 0 bridgehead atoms. The number of piperidine rings is 1. The molecule has 1 amide bonds. The summed E-state index contributed by atoms with van der Waals surface area (Å²) in [5.74, 6) is 1.04. The van der Waals surface area contributed by atoms with E-state index in [2.05, 4.69) is 15.5 Å². The van der Waals surface area contributed by atoms with Gasteiger partial charge in [-0.25, -0.2) is 0 Å². The minimum atomic E-state index is 0. The maximum Gasteiger partial charge on any atom is 0.238 e. The van der Waals surface area contributed by atoms with Crippen molar-refractivity contribution in [3.8, 4) is 0 Å². The van der Waals surface area contributed by atoms with E-state index in [9.17, 15) is 4.79 Å². The lowest BCUT2D eigenvalue weighted by molar-refractivity contribution is -0.117. The Hall–Kier alpha value is -1.10. The van der Waals surface area contributed by atoms with Gasteiger partial charge >= 0.3 is 0 Å². The average molecular weight is 338 g/mol. The highest BCUT2D eigenvalue weighted by molar-refractivity contribution is 5.92. The fraction of sp³-hybridized carbons (Fsp3) is 0.611. The third-order valence-corrected chi connectivity index (χ3v) is 4.65. The summed E-state index contributed by atoms with van der Waals surface area (Å²) in [4.78, 5) is 14.4. The molecule has 2 N–H and O–H groups in total. The van der Waals surface area contributed by atoms with E-state index in [-0.39, 0.29) is 18.3 Å². The Labute approximate surface area is 145 Å². The average Bonchev–Trinajstić information content (AvgIpc) is 3.31. The zero-order valence-corrected chi connectivity index (χ0v) is 14.7. The summed E-state index contributed by atoms with van der Waals surface area (Å²) < 4.78 is 0. The SMILES string of the molecule is Cc1cccc(NC(=O)CN2CCC(NCC3CC3)CC2)c1.Cl. The van der Waals surface area contributed by atoms with Gasteiger partial charge in [0.25, 0.3) is 0 Å². The molecule has 0 aromatic heterocycles. The van der Waals surface area contributed by atoms with Crippen molar-refractivity contribution in [3.63, 3.8) is 0 Å². The van der Waals surface area contributed by atoms with Gasteiger partial charge in [0, 0.05) is 24.8 Å². The number of rotatable bonds is 6. The number of hydrogen-bond acceptors (Lipinski definition) is 3. The van der Waals surface area contributed by atoms with Gasteiger partial charge in [-0.05, 0) is 62.8 Å². The first-order valence-corrected chi connectivity index (χ1v) is 8.51. The number of anilines is 1. The molecule has 1 aliphatic carbocycles. The second-order valence-electron chi connectivity index (χ2n) is 6.82. The highest BCUT2D eigenvalue weighted by Gasteiger charge is 2.24. The number of nitrogens with one attached hydrogen (secondary N) is 2. The fourth-order valence-corrected chi connectivity index (χ4v) is 3.08. The Morgan fingerprint density at radius 3 is 2.61 bits per heavy atom. The van der Waals surface area contributed by atoms with Crippen LogP contribution in [0.5, 0.6) is 0 Å². The number of aryl methyl sites for hydroxylation is 1. The molecule has 3 rings (SSSR count). The van der Waals surface area contributed by atoms with Crippen molar-refractivity contribution in [2.45, 2.75) is 38.6 Å². The third-order valence-electron chi connectivity index (χ3n) is 4.65. The Morgan fingerprint density at radius 2 is 1.96 bits per heavy atom. The van der Waals surface area contributed by atoms with Crippen molar-refractivity contribution in [1.29, 1.82) is 0 Å². The number of likely N-dealkylation sites (tertiary alicyclic amines) is 1. The quantitative estimate of drug-likeness (QED) is 0.839. The van der Waals surface area contributed by atoms with Gasteiger partial charge in [0.05, 0.1) is 6.54 Å². The van der Waals surface area contributed by atoms with Crippen LogP contribution in [0.15, 0.2) is 24.3 Å². The second kappa shape index (κ2) is 8.67. The Balaban J connectivity index is 0.00000192. The van der Waals surface area contributed by atoms with E-state index >= 15 is 0 Å². The lowest BCUT2D eigenvalue weighted by Gasteiger charge is -2.32. The van der Waals surface area contributed by atoms with Crippen molar-refractivity contribution >= 4 is 24.0 Å². The van der Waals surface area contributed by atoms with E-state index in [1.165, 1.54) is 24.9 Å². The zero-order valence-electron chi connectivity index (χ0n) is 13.9. The lowest BCUT2D eigenvalue weighted by atomic mass is 10.0. The number of amides is 1. The van der Waals surface area contributed by atoms with Crippen LogP contribution in [0.2, 0.25) is 0 Å². The fourth-order valence-electron chi connectivity index (χ4n) is 3.08. The van der Waals surface area contributed by atoms with Gasteiger partial charge in [0.1, 0.15) is 0 Å². The van der Waals surface area contributed by atoms with Gasteiger partial charge in [0.2, 0.25) is 5.91 Å². The first kappa shape index (κ1) is 18.2. The van der Waals surface area contributed by atoms with E-state index < -0.39 is 0 Å². The Morgan fingerprint density at radius 1 is 1.22 bits per heavy atom. The van der Waals surface area contributed by atoms with Crippen LogP contribution < -0.4 is 10.6 Å². The van der Waals surface area contributed by atoms with Crippen molar-refractivity contribution in [1.82, 2.24) is 10.2 Å². The van der Waals surface area contributed by atoms with Gasteiger partial charge < -0.3 is 10.6 Å². The molecule has 23 heavy (non-hydrogen) atoms. The van der Waals surface area contributed by atoms with Crippen LogP contribution in [0.1, 0.15) is 31.2 Å². The van der Waals surface area contributed by atoms with E-state index in [0.717, 1.165) is 37.5 Å². The number of hydrogen-bond donors (Lipinski definition) is 2. The molecule has 1 aliphatic heterocycles. The molecule has 128 valence electrons. The van der Waals surface area contributed by atoms with Crippen LogP contribution in [0.25, 0.3) is 0 Å². The topological polar surface area (TPSA) is 44.4 Å². The number of benzene rings is 1. The van der Waals surface area contributed by atoms with Crippen LogP contribution >= 0.6 is 12.4 Å². The van der Waals surface area contributed by atoms with Gasteiger partial charge in [0.15, 0.2) is 0 Å². The highest BCUT2D eigenvalue weighted by atomic mass is 35.5.